The van der Waals surface area contributed by atoms with Crippen LogP contribution in [0.5, 0.6) is 0 Å². The first-order valence-electron chi connectivity index (χ1n) is 9.94. The average molecular weight is 443 g/mol. The highest BCUT2D eigenvalue weighted by Gasteiger charge is 2.50. The van der Waals surface area contributed by atoms with Crippen molar-refractivity contribution in [1.82, 2.24) is 0 Å². The van der Waals surface area contributed by atoms with Gasteiger partial charge in [0.2, 0.25) is 0 Å². The molecule has 0 unspecified atom stereocenters. The molecular weight excluding hydrogens is 415 g/mol. The summed E-state index contributed by atoms with van der Waals surface area (Å²) < 4.78 is 6.89. The minimum atomic E-state index is -2.60. The fourth-order valence-electron chi connectivity index (χ4n) is 3.90. The minimum absolute atomic E-state index is 0.0825. The maximum Gasteiger partial charge on any atom is 0.261 e. The second kappa shape index (κ2) is 9.49. The summed E-state index contributed by atoms with van der Waals surface area (Å²) in [5.41, 5.74) is 1.01. The van der Waals surface area contributed by atoms with Crippen molar-refractivity contribution >= 4 is 41.9 Å². The molecular formula is C25H28Cl2OSi. The Morgan fingerprint density at radius 1 is 0.724 bits per heavy atom. The highest BCUT2D eigenvalue weighted by molar-refractivity contribution is 6.99. The van der Waals surface area contributed by atoms with Crippen LogP contribution in [-0.4, -0.2) is 20.3 Å². The van der Waals surface area contributed by atoms with Gasteiger partial charge in [-0.05, 0) is 21.0 Å². The lowest BCUT2D eigenvalue weighted by Crippen LogP contribution is -2.67. The molecule has 0 N–H and O–H groups in total. The van der Waals surface area contributed by atoms with Crippen LogP contribution in [0.1, 0.15) is 31.7 Å². The van der Waals surface area contributed by atoms with Gasteiger partial charge < -0.3 is 4.43 Å². The topological polar surface area (TPSA) is 9.23 Å². The molecule has 0 saturated carbocycles. The van der Waals surface area contributed by atoms with Gasteiger partial charge in [-0.15, -0.1) is 23.2 Å². The molecule has 0 spiro atoms. The van der Waals surface area contributed by atoms with Crippen LogP contribution in [-0.2, 0) is 4.43 Å². The van der Waals surface area contributed by atoms with Crippen LogP contribution in [0.15, 0.2) is 91.0 Å². The van der Waals surface area contributed by atoms with Gasteiger partial charge >= 0.3 is 0 Å². The molecule has 3 aromatic rings. The van der Waals surface area contributed by atoms with E-state index in [9.17, 15) is 0 Å². The quantitative estimate of drug-likeness (QED) is 0.314. The van der Waals surface area contributed by atoms with Crippen LogP contribution in [0, 0.1) is 0 Å². The van der Waals surface area contributed by atoms with Gasteiger partial charge in [0, 0.05) is 0 Å². The van der Waals surface area contributed by atoms with Crippen molar-refractivity contribution in [3.05, 3.63) is 96.6 Å². The molecule has 0 aliphatic rings. The van der Waals surface area contributed by atoms with Crippen LogP contribution < -0.4 is 10.4 Å². The van der Waals surface area contributed by atoms with Crippen LogP contribution in [0.2, 0.25) is 5.04 Å². The fraction of sp³-hybridized carbons (Fsp3) is 0.280. The molecule has 0 aliphatic carbocycles. The van der Waals surface area contributed by atoms with E-state index in [1.807, 2.05) is 42.5 Å². The first-order valence-corrected chi connectivity index (χ1v) is 12.7. The Labute approximate surface area is 185 Å². The first kappa shape index (κ1) is 22.1. The summed E-state index contributed by atoms with van der Waals surface area (Å²) in [4.78, 5) is 0. The van der Waals surface area contributed by atoms with E-state index in [0.29, 0.717) is 6.61 Å². The summed E-state index contributed by atoms with van der Waals surface area (Å²) in [5.74, 6) is 0. The molecule has 0 aromatic heterocycles. The smallest absolute Gasteiger partial charge is 0.261 e. The fourth-order valence-corrected chi connectivity index (χ4v) is 9.01. The molecule has 152 valence electrons. The Kier molecular flexibility index (Phi) is 7.23. The molecule has 0 fully saturated rings. The van der Waals surface area contributed by atoms with E-state index in [4.69, 9.17) is 27.6 Å². The zero-order valence-corrected chi connectivity index (χ0v) is 19.7. The second-order valence-corrected chi connectivity index (χ2v) is 13.6. The molecule has 0 radical (unpaired) electrons. The minimum Gasteiger partial charge on any atom is -0.406 e. The van der Waals surface area contributed by atoms with Crippen molar-refractivity contribution in [2.45, 2.75) is 36.6 Å². The zero-order valence-electron chi connectivity index (χ0n) is 17.2. The Morgan fingerprint density at radius 3 is 1.55 bits per heavy atom. The lowest BCUT2D eigenvalue weighted by Gasteiger charge is -2.43. The molecule has 0 heterocycles. The largest absolute Gasteiger partial charge is 0.406 e. The molecule has 3 aromatic carbocycles. The lowest BCUT2D eigenvalue weighted by molar-refractivity contribution is 0.293. The number of hydrogen-bond acceptors (Lipinski definition) is 1. The number of rotatable bonds is 7. The number of benzene rings is 3. The van der Waals surface area contributed by atoms with Crippen molar-refractivity contribution in [3.63, 3.8) is 0 Å². The molecule has 3 rings (SSSR count). The molecule has 0 saturated heterocycles. The average Bonchev–Trinajstić information content (AvgIpc) is 2.74. The molecule has 1 nitrogen and oxygen atoms in total. The van der Waals surface area contributed by atoms with E-state index in [-0.39, 0.29) is 15.8 Å². The monoisotopic (exact) mass is 442 g/mol. The molecule has 29 heavy (non-hydrogen) atoms. The normalized spacial score (nSPS) is 14.4. The van der Waals surface area contributed by atoms with Crippen molar-refractivity contribution in [2.75, 3.05) is 6.61 Å². The molecule has 0 aliphatic heterocycles. The van der Waals surface area contributed by atoms with Gasteiger partial charge in [0.1, 0.15) is 0 Å². The maximum atomic E-state index is 6.89. The SMILES string of the molecule is CC(C)(C)[Si](OC[C@@H](Cl)[C@H](Cl)c1ccccc1)(c1ccccc1)c1ccccc1. The van der Waals surface area contributed by atoms with Crippen molar-refractivity contribution < 1.29 is 4.43 Å². The molecule has 4 heteroatoms. The zero-order chi connectivity index (χ0) is 20.9. The van der Waals surface area contributed by atoms with Gasteiger partial charge in [-0.3, -0.25) is 0 Å². The number of alkyl halides is 2. The summed E-state index contributed by atoms with van der Waals surface area (Å²) >= 11 is 13.5. The van der Waals surface area contributed by atoms with Crippen LogP contribution in [0.3, 0.4) is 0 Å². The van der Waals surface area contributed by atoms with Gasteiger partial charge in [-0.2, -0.15) is 0 Å². The summed E-state index contributed by atoms with van der Waals surface area (Å²) in [6, 6.07) is 31.1. The Hall–Kier alpha value is -1.58. The van der Waals surface area contributed by atoms with Gasteiger partial charge in [0.25, 0.3) is 8.32 Å². The van der Waals surface area contributed by atoms with Crippen molar-refractivity contribution in [1.29, 1.82) is 0 Å². The van der Waals surface area contributed by atoms with Gasteiger partial charge in [-0.25, -0.2) is 0 Å². The maximum absolute atomic E-state index is 6.89. The third-order valence-corrected chi connectivity index (χ3v) is 11.4. The van der Waals surface area contributed by atoms with Crippen LogP contribution >= 0.6 is 23.2 Å². The number of hydrogen-bond donors (Lipinski definition) is 0. The van der Waals surface area contributed by atoms with Crippen LogP contribution in [0.4, 0.5) is 0 Å². The highest BCUT2D eigenvalue weighted by atomic mass is 35.5. The predicted octanol–water partition coefficient (Wildman–Crippen LogP) is 6.15. The first-order chi connectivity index (χ1) is 13.9. The highest BCUT2D eigenvalue weighted by Crippen LogP contribution is 2.38. The van der Waals surface area contributed by atoms with E-state index in [1.165, 1.54) is 10.4 Å². The summed E-state index contributed by atoms with van der Waals surface area (Å²) in [5, 5.41) is 1.76. The Morgan fingerprint density at radius 2 is 1.14 bits per heavy atom. The van der Waals surface area contributed by atoms with E-state index >= 15 is 0 Å². The van der Waals surface area contributed by atoms with Crippen molar-refractivity contribution in [3.8, 4) is 0 Å². The molecule has 2 atom stereocenters. The standard InChI is InChI=1S/C25H28Cl2OSi/c1-25(2,3)29(21-15-9-5-10-16-21,22-17-11-6-12-18-22)28-19-23(26)24(27)20-13-7-4-8-14-20/h4-18,23-24H,19H2,1-3H3/t23-,24-/m1/s1. The molecule has 0 bridgehead atoms. The Balaban J connectivity index is 1.98. The van der Waals surface area contributed by atoms with Crippen molar-refractivity contribution in [2.24, 2.45) is 0 Å². The molecule has 0 amide bonds. The van der Waals surface area contributed by atoms with E-state index in [2.05, 4.69) is 69.3 Å². The van der Waals surface area contributed by atoms with E-state index < -0.39 is 8.32 Å². The summed E-state index contributed by atoms with van der Waals surface area (Å²) in [7, 11) is -2.60. The van der Waals surface area contributed by atoms with E-state index in [1.54, 1.807) is 0 Å². The Bertz CT molecular complexity index is 839. The third kappa shape index (κ3) is 4.78. The predicted molar refractivity (Wildman–Crippen MR) is 128 cm³/mol. The van der Waals surface area contributed by atoms with E-state index in [0.717, 1.165) is 5.56 Å². The second-order valence-electron chi connectivity index (χ2n) is 8.30. The van der Waals surface area contributed by atoms with Gasteiger partial charge in [0.15, 0.2) is 0 Å². The third-order valence-electron chi connectivity index (χ3n) is 5.31. The van der Waals surface area contributed by atoms with Gasteiger partial charge in [0.05, 0.1) is 17.4 Å². The van der Waals surface area contributed by atoms with Crippen LogP contribution in [0.25, 0.3) is 0 Å². The number of halogens is 2. The summed E-state index contributed by atoms with van der Waals surface area (Å²) in [6.45, 7) is 7.17. The summed E-state index contributed by atoms with van der Waals surface area (Å²) in [6.07, 6.45) is 0. The lowest BCUT2D eigenvalue weighted by atomic mass is 10.1. The van der Waals surface area contributed by atoms with Gasteiger partial charge in [-0.1, -0.05) is 112 Å².